The lowest BCUT2D eigenvalue weighted by Crippen LogP contribution is -2.61. The number of rotatable bonds is 3. The van der Waals surface area contributed by atoms with Crippen molar-refractivity contribution in [1.29, 1.82) is 0 Å². The van der Waals surface area contributed by atoms with E-state index in [-0.39, 0.29) is 33.8 Å². The zero-order valence-corrected chi connectivity index (χ0v) is 38.4. The van der Waals surface area contributed by atoms with E-state index in [9.17, 15) is 1.37 Å². The van der Waals surface area contributed by atoms with Crippen LogP contribution in [0.1, 0.15) is 133 Å². The van der Waals surface area contributed by atoms with Crippen LogP contribution in [0.5, 0.6) is 0 Å². The van der Waals surface area contributed by atoms with Crippen LogP contribution in [-0.4, -0.2) is 6.71 Å². The molecule has 302 valence electrons. The van der Waals surface area contributed by atoms with Crippen molar-refractivity contribution in [3.63, 3.8) is 0 Å². The van der Waals surface area contributed by atoms with E-state index in [2.05, 4.69) is 229 Å². The Hall–Kier alpha value is -5.02. The van der Waals surface area contributed by atoms with Crippen molar-refractivity contribution in [2.24, 2.45) is 0 Å². The third-order valence-corrected chi connectivity index (χ3v) is 12.8. The highest BCUT2D eigenvalue weighted by molar-refractivity contribution is 7.00. The second kappa shape index (κ2) is 13.8. The van der Waals surface area contributed by atoms with E-state index in [1.807, 2.05) is 0 Å². The molecule has 2 aliphatic heterocycles. The predicted octanol–water partition coefficient (Wildman–Crippen LogP) is 13.9. The molecule has 0 spiro atoms. The Bertz CT molecular complexity index is 2620. The van der Waals surface area contributed by atoms with Crippen LogP contribution in [0.3, 0.4) is 0 Å². The number of hydrogen-bond acceptors (Lipinski definition) is 2. The van der Waals surface area contributed by atoms with Gasteiger partial charge in [0.1, 0.15) is 0 Å². The van der Waals surface area contributed by atoms with Gasteiger partial charge in [-0.05, 0) is 125 Å². The summed E-state index contributed by atoms with van der Waals surface area (Å²) >= 11 is 0. The van der Waals surface area contributed by atoms with Crippen molar-refractivity contribution in [3.8, 4) is 11.1 Å². The molecule has 2 aliphatic rings. The molecule has 0 amide bonds. The Balaban J connectivity index is 1.48. The van der Waals surface area contributed by atoms with Gasteiger partial charge in [-0.25, -0.2) is 0 Å². The standard InChI is InChI=1S/C56H65BN2/c1-52(2,3)37-21-19-36(20-22-37)43-33-39(54(7,8)9)25-30-46(43)59-48-32-27-41(56(13,14)15)35-45(48)57-44-34-40(55(10,11)12)26-31-47(44)58(49-17-16-18-50(59)51(49)57)42-28-23-38(24-29-42)53(4,5)6/h16-35H,1-15H3/i16D. The van der Waals surface area contributed by atoms with Crippen LogP contribution in [-0.2, 0) is 27.1 Å². The van der Waals surface area contributed by atoms with E-state index in [1.54, 1.807) is 0 Å². The molecule has 59 heavy (non-hydrogen) atoms. The van der Waals surface area contributed by atoms with E-state index in [1.165, 1.54) is 66.7 Å². The predicted molar refractivity (Wildman–Crippen MR) is 259 cm³/mol. The Morgan fingerprint density at radius 2 is 0.746 bits per heavy atom. The van der Waals surface area contributed by atoms with Gasteiger partial charge in [0.25, 0.3) is 6.71 Å². The van der Waals surface area contributed by atoms with Crippen molar-refractivity contribution in [3.05, 3.63) is 149 Å². The summed E-state index contributed by atoms with van der Waals surface area (Å²) in [6, 6.07) is 44.5. The van der Waals surface area contributed by atoms with Gasteiger partial charge in [-0.15, -0.1) is 0 Å². The van der Waals surface area contributed by atoms with Crippen molar-refractivity contribution >= 4 is 57.2 Å². The average Bonchev–Trinajstić information content (AvgIpc) is 3.15. The molecule has 0 bridgehead atoms. The zero-order valence-electron chi connectivity index (χ0n) is 39.4. The summed E-state index contributed by atoms with van der Waals surface area (Å²) in [5.41, 5.74) is 19.5. The van der Waals surface area contributed by atoms with Gasteiger partial charge in [-0.3, -0.25) is 0 Å². The fourth-order valence-electron chi connectivity index (χ4n) is 9.03. The molecule has 0 aliphatic carbocycles. The van der Waals surface area contributed by atoms with Crippen LogP contribution < -0.4 is 26.2 Å². The minimum absolute atomic E-state index is 0.0325. The van der Waals surface area contributed by atoms with Crippen LogP contribution in [0.4, 0.5) is 34.1 Å². The summed E-state index contributed by atoms with van der Waals surface area (Å²) < 4.78 is 9.55. The molecule has 0 saturated heterocycles. The molecule has 0 unspecified atom stereocenters. The highest BCUT2D eigenvalue weighted by atomic mass is 15.2. The number of hydrogen-bond donors (Lipinski definition) is 0. The maximum atomic E-state index is 9.55. The molecule has 2 nitrogen and oxygen atoms in total. The molecule has 2 heterocycles. The van der Waals surface area contributed by atoms with Crippen LogP contribution in [0.2, 0.25) is 0 Å². The lowest BCUT2D eigenvalue weighted by molar-refractivity contribution is 0.590. The molecule has 0 radical (unpaired) electrons. The zero-order chi connectivity index (χ0) is 43.5. The van der Waals surface area contributed by atoms with Gasteiger partial charge in [0.2, 0.25) is 0 Å². The van der Waals surface area contributed by atoms with Gasteiger partial charge >= 0.3 is 0 Å². The van der Waals surface area contributed by atoms with Gasteiger partial charge < -0.3 is 9.80 Å². The number of nitrogens with zero attached hydrogens (tertiary/aromatic N) is 2. The molecule has 0 atom stereocenters. The molecule has 6 aromatic rings. The van der Waals surface area contributed by atoms with Crippen LogP contribution in [0.15, 0.2) is 121 Å². The van der Waals surface area contributed by atoms with Gasteiger partial charge in [-0.2, -0.15) is 0 Å². The molecule has 0 N–H and O–H groups in total. The molecule has 0 fully saturated rings. The van der Waals surface area contributed by atoms with E-state index >= 15 is 0 Å². The molecule has 0 saturated carbocycles. The Labute approximate surface area is 358 Å². The second-order valence-corrected chi connectivity index (χ2v) is 22.4. The van der Waals surface area contributed by atoms with Crippen LogP contribution in [0, 0.1) is 0 Å². The first-order valence-electron chi connectivity index (χ1n) is 22.2. The first-order valence-corrected chi connectivity index (χ1v) is 21.7. The largest absolute Gasteiger partial charge is 0.311 e. The summed E-state index contributed by atoms with van der Waals surface area (Å²) in [5, 5.41) is 0. The molecule has 3 heteroatoms. The Kier molecular flexibility index (Phi) is 9.20. The molecule has 6 aromatic carbocycles. The molecule has 0 aromatic heterocycles. The quantitative estimate of drug-likeness (QED) is 0.165. The van der Waals surface area contributed by atoms with E-state index < -0.39 is 0 Å². The highest BCUT2D eigenvalue weighted by Gasteiger charge is 2.44. The van der Waals surface area contributed by atoms with Gasteiger partial charge in [0, 0.05) is 34.0 Å². The fourth-order valence-corrected chi connectivity index (χ4v) is 9.03. The SMILES string of the molecule is [2H]c1cc2c3c(c1)N(c1ccc(C(C)(C)C)cc1-c1ccc(C(C)(C)C)cc1)c1ccc(C(C)(C)C)cc1B3c1cc(C(C)(C)C)ccc1N2c1ccc(C(C)(C)C)cc1. The van der Waals surface area contributed by atoms with E-state index in [4.69, 9.17) is 0 Å². The van der Waals surface area contributed by atoms with E-state index in [0.717, 1.165) is 22.7 Å². The summed E-state index contributed by atoms with van der Waals surface area (Å²) in [6.07, 6.45) is 0. The van der Waals surface area contributed by atoms with Crippen molar-refractivity contribution in [1.82, 2.24) is 0 Å². The lowest BCUT2D eigenvalue weighted by Gasteiger charge is -2.45. The Morgan fingerprint density at radius 1 is 0.373 bits per heavy atom. The van der Waals surface area contributed by atoms with Crippen molar-refractivity contribution < 1.29 is 1.37 Å². The topological polar surface area (TPSA) is 6.48 Å². The summed E-state index contributed by atoms with van der Waals surface area (Å²) in [4.78, 5) is 4.93. The van der Waals surface area contributed by atoms with Gasteiger partial charge in [0.05, 0.1) is 7.06 Å². The minimum Gasteiger partial charge on any atom is -0.311 e. The summed E-state index contributed by atoms with van der Waals surface area (Å²) in [7, 11) is 0. The first kappa shape index (κ1) is 39.4. The average molecular weight is 778 g/mol. The Morgan fingerprint density at radius 3 is 1.20 bits per heavy atom. The van der Waals surface area contributed by atoms with Gasteiger partial charge in [-0.1, -0.05) is 177 Å². The van der Waals surface area contributed by atoms with E-state index in [0.29, 0.717) is 6.04 Å². The molecular weight excluding hydrogens is 711 g/mol. The number of anilines is 6. The normalized spacial score (nSPS) is 14.5. The molecule has 8 rings (SSSR count). The van der Waals surface area contributed by atoms with Gasteiger partial charge in [0.15, 0.2) is 0 Å². The van der Waals surface area contributed by atoms with Crippen LogP contribution >= 0.6 is 0 Å². The van der Waals surface area contributed by atoms with Crippen LogP contribution in [0.25, 0.3) is 11.1 Å². The number of fused-ring (bicyclic) bond motifs is 4. The van der Waals surface area contributed by atoms with Crippen molar-refractivity contribution in [2.45, 2.75) is 131 Å². The maximum absolute atomic E-state index is 9.55. The van der Waals surface area contributed by atoms with Crippen molar-refractivity contribution in [2.75, 3.05) is 9.80 Å². The maximum Gasteiger partial charge on any atom is 0.252 e. The lowest BCUT2D eigenvalue weighted by atomic mass is 9.33. The molecular formula is C56H65BN2. The summed E-state index contributed by atoms with van der Waals surface area (Å²) in [5.74, 6) is 0. The minimum atomic E-state index is -0.0477. The highest BCUT2D eigenvalue weighted by Crippen LogP contribution is 2.48. The first-order chi connectivity index (χ1) is 27.8. The third kappa shape index (κ3) is 7.23. The third-order valence-electron chi connectivity index (χ3n) is 12.8. The summed E-state index contributed by atoms with van der Waals surface area (Å²) in [6.45, 7) is 34.4. The fraction of sp³-hybridized carbons (Fsp3) is 0.357. The monoisotopic (exact) mass is 778 g/mol. The second-order valence-electron chi connectivity index (χ2n) is 22.4. The number of benzene rings is 6. The smallest absolute Gasteiger partial charge is 0.252 e.